The Morgan fingerprint density at radius 1 is 1.07 bits per heavy atom. The largest absolute Gasteiger partial charge is 0.461 e. The number of Topliss-reactive ketones (excluding diaryl/α,β-unsaturated/α-hetero) is 2. The zero-order valence-corrected chi connectivity index (χ0v) is 26.7. The van der Waals surface area contributed by atoms with Crippen molar-refractivity contribution in [3.63, 3.8) is 0 Å². The molecule has 14 nitrogen and oxygen atoms in total. The SMILES string of the molecule is CN=C(NOCc1ncc(-c2ccon2)cn1)C1C(=O)O[C@]2(C)COC(=O)C(C)C(=O)C(C)C[C@](C)(OC)C[C@@H](C)C(=O)CC12. The molecule has 45 heavy (non-hydrogen) atoms. The number of fused-ring (bicyclic) bond motifs is 1. The van der Waals surface area contributed by atoms with E-state index in [0.29, 0.717) is 29.9 Å². The predicted molar refractivity (Wildman–Crippen MR) is 158 cm³/mol. The van der Waals surface area contributed by atoms with Crippen LogP contribution in [-0.2, 0) is 44.8 Å². The lowest BCUT2D eigenvalue weighted by atomic mass is 9.74. The summed E-state index contributed by atoms with van der Waals surface area (Å²) in [5, 5.41) is 3.85. The van der Waals surface area contributed by atoms with Crippen LogP contribution in [0.25, 0.3) is 11.3 Å². The van der Waals surface area contributed by atoms with E-state index >= 15 is 0 Å². The zero-order chi connectivity index (χ0) is 32.9. The van der Waals surface area contributed by atoms with Gasteiger partial charge in [-0.1, -0.05) is 19.0 Å². The second-order valence-corrected chi connectivity index (χ2v) is 12.4. The third-order valence-electron chi connectivity index (χ3n) is 8.83. The van der Waals surface area contributed by atoms with Gasteiger partial charge in [-0.2, -0.15) is 0 Å². The van der Waals surface area contributed by atoms with Crippen molar-refractivity contribution in [2.45, 2.75) is 71.7 Å². The van der Waals surface area contributed by atoms with Gasteiger partial charge in [0.15, 0.2) is 5.82 Å². The highest BCUT2D eigenvalue weighted by molar-refractivity contribution is 6.03. The number of aliphatic imine (C=N–C) groups is 1. The van der Waals surface area contributed by atoms with Crippen molar-refractivity contribution >= 4 is 29.3 Å². The Bertz CT molecular complexity index is 1410. The lowest BCUT2D eigenvalue weighted by Crippen LogP contribution is -2.46. The van der Waals surface area contributed by atoms with Gasteiger partial charge in [-0.05, 0) is 33.6 Å². The van der Waals surface area contributed by atoms with Crippen LogP contribution in [0, 0.1) is 29.6 Å². The molecule has 1 N–H and O–H groups in total. The van der Waals surface area contributed by atoms with Crippen LogP contribution in [-0.4, -0.2) is 76.4 Å². The van der Waals surface area contributed by atoms with Gasteiger partial charge in [-0.15, -0.1) is 0 Å². The molecule has 244 valence electrons. The Balaban J connectivity index is 1.54. The third kappa shape index (κ3) is 7.61. The molecule has 0 radical (unpaired) electrons. The van der Waals surface area contributed by atoms with Crippen LogP contribution in [0.15, 0.2) is 34.2 Å². The second-order valence-electron chi connectivity index (χ2n) is 12.4. The van der Waals surface area contributed by atoms with E-state index in [2.05, 4.69) is 25.6 Å². The molecule has 4 heterocycles. The van der Waals surface area contributed by atoms with Crippen LogP contribution in [0.5, 0.6) is 0 Å². The van der Waals surface area contributed by atoms with Crippen molar-refractivity contribution in [2.24, 2.45) is 34.6 Å². The molecule has 0 bridgehead atoms. The van der Waals surface area contributed by atoms with Crippen LogP contribution in [0.2, 0.25) is 0 Å². The van der Waals surface area contributed by atoms with Gasteiger partial charge in [0, 0.05) is 62.4 Å². The number of esters is 2. The van der Waals surface area contributed by atoms with E-state index in [4.69, 9.17) is 23.6 Å². The number of cyclic esters (lactones) is 1. The molecule has 0 aromatic carbocycles. The van der Waals surface area contributed by atoms with E-state index in [-0.39, 0.29) is 37.0 Å². The van der Waals surface area contributed by atoms with Gasteiger partial charge in [0.1, 0.15) is 60.0 Å². The lowest BCUT2D eigenvalue weighted by molar-refractivity contribution is -0.168. The van der Waals surface area contributed by atoms with Crippen LogP contribution in [0.4, 0.5) is 0 Å². The number of carbonyl (C=O) groups is 4. The monoisotopic (exact) mass is 627 g/mol. The zero-order valence-electron chi connectivity index (χ0n) is 26.7. The summed E-state index contributed by atoms with van der Waals surface area (Å²) in [4.78, 5) is 71.6. The van der Waals surface area contributed by atoms with Crippen molar-refractivity contribution in [1.82, 2.24) is 20.6 Å². The first-order chi connectivity index (χ1) is 21.3. The Labute approximate surface area is 261 Å². The molecule has 0 amide bonds. The predicted octanol–water partition coefficient (Wildman–Crippen LogP) is 2.91. The minimum absolute atomic E-state index is 0.0667. The maximum atomic E-state index is 13.7. The molecule has 0 aliphatic carbocycles. The first-order valence-electron chi connectivity index (χ1n) is 14.9. The number of carbonyl (C=O) groups excluding carboxylic acids is 4. The van der Waals surface area contributed by atoms with E-state index in [0.717, 1.165) is 0 Å². The molecule has 2 aliphatic heterocycles. The van der Waals surface area contributed by atoms with Crippen LogP contribution in [0.3, 0.4) is 0 Å². The first kappa shape index (κ1) is 33.8. The van der Waals surface area contributed by atoms with Crippen molar-refractivity contribution in [3.05, 3.63) is 30.5 Å². The van der Waals surface area contributed by atoms with Gasteiger partial charge in [0.05, 0.1) is 5.60 Å². The van der Waals surface area contributed by atoms with Gasteiger partial charge in [-0.25, -0.2) is 9.97 Å². The van der Waals surface area contributed by atoms with Gasteiger partial charge in [0.2, 0.25) is 0 Å². The molecule has 2 saturated heterocycles. The number of hydrogen-bond donors (Lipinski definition) is 1. The Morgan fingerprint density at radius 3 is 2.38 bits per heavy atom. The van der Waals surface area contributed by atoms with Crippen LogP contribution >= 0.6 is 0 Å². The van der Waals surface area contributed by atoms with Gasteiger partial charge < -0.3 is 18.7 Å². The highest BCUT2D eigenvalue weighted by Crippen LogP contribution is 2.42. The molecule has 14 heteroatoms. The molecular formula is C31H41N5O9. The lowest BCUT2D eigenvalue weighted by Gasteiger charge is -2.35. The number of rotatable bonds is 6. The standard InChI is InChI=1S/C31H41N5O9/c1-17-11-30(4,41-7)12-18(2)26(38)19(3)28(39)42-16-31(5)21(10-23(17)37)25(29(40)45-31)27(32-6)36-44-15-24-33-13-20(14-34-24)22-8-9-43-35-22/h8-9,13-14,17-19,21,25H,10-12,15-16H2,1-7H3,(H,32,36)/t17-,18?,19?,21?,25?,30-,31-/m1/s1. The van der Waals surface area contributed by atoms with Crippen molar-refractivity contribution < 1.29 is 42.7 Å². The Kier molecular flexibility index (Phi) is 10.5. The number of nitrogens with one attached hydrogen (secondary N) is 1. The minimum Gasteiger partial charge on any atom is -0.461 e. The summed E-state index contributed by atoms with van der Waals surface area (Å²) in [6.07, 6.45) is 5.19. The van der Waals surface area contributed by atoms with Gasteiger partial charge >= 0.3 is 11.9 Å². The number of ketones is 2. The van der Waals surface area contributed by atoms with Crippen LogP contribution in [0.1, 0.15) is 59.7 Å². The summed E-state index contributed by atoms with van der Waals surface area (Å²) in [5.74, 6) is -5.17. The molecule has 2 fully saturated rings. The van der Waals surface area contributed by atoms with E-state index in [1.54, 1.807) is 39.2 Å². The molecule has 7 atom stereocenters. The number of amidine groups is 1. The minimum atomic E-state index is -1.38. The summed E-state index contributed by atoms with van der Waals surface area (Å²) >= 11 is 0. The number of nitrogens with zero attached hydrogens (tertiary/aromatic N) is 4. The molecule has 4 unspecified atom stereocenters. The summed E-state index contributed by atoms with van der Waals surface area (Å²) in [6.45, 7) is 8.08. The van der Waals surface area contributed by atoms with Crippen molar-refractivity contribution in [1.29, 1.82) is 0 Å². The second kappa shape index (κ2) is 13.9. The fourth-order valence-electron chi connectivity index (χ4n) is 6.06. The average Bonchev–Trinajstić information content (AvgIpc) is 3.64. The fourth-order valence-corrected chi connectivity index (χ4v) is 6.06. The van der Waals surface area contributed by atoms with E-state index in [9.17, 15) is 19.2 Å². The Morgan fingerprint density at radius 2 is 1.76 bits per heavy atom. The van der Waals surface area contributed by atoms with Crippen molar-refractivity contribution in [3.8, 4) is 11.3 Å². The summed E-state index contributed by atoms with van der Waals surface area (Å²) in [7, 11) is 3.02. The first-order valence-corrected chi connectivity index (χ1v) is 14.9. The van der Waals surface area contributed by atoms with Gasteiger partial charge in [-0.3, -0.25) is 34.5 Å². The van der Waals surface area contributed by atoms with E-state index in [1.165, 1.54) is 27.3 Å². The quantitative estimate of drug-likeness (QED) is 0.162. The molecular weight excluding hydrogens is 586 g/mol. The number of hydroxylamine groups is 1. The van der Waals surface area contributed by atoms with E-state index in [1.807, 2.05) is 6.92 Å². The maximum Gasteiger partial charge on any atom is 0.317 e. The smallest absolute Gasteiger partial charge is 0.317 e. The number of ether oxygens (including phenoxy) is 3. The normalized spacial score (nSPS) is 32.0. The summed E-state index contributed by atoms with van der Waals surface area (Å²) in [5.41, 5.74) is 1.79. The molecule has 2 aliphatic rings. The summed E-state index contributed by atoms with van der Waals surface area (Å²) in [6, 6.07) is 1.68. The fraction of sp³-hybridized carbons (Fsp3) is 0.613. The summed E-state index contributed by atoms with van der Waals surface area (Å²) < 4.78 is 22.0. The molecule has 0 spiro atoms. The van der Waals surface area contributed by atoms with Crippen molar-refractivity contribution in [2.75, 3.05) is 20.8 Å². The molecule has 2 aromatic rings. The molecule has 2 aromatic heterocycles. The maximum absolute atomic E-state index is 13.7. The number of hydrogen-bond acceptors (Lipinski definition) is 13. The number of aromatic nitrogens is 3. The highest BCUT2D eigenvalue weighted by Gasteiger charge is 2.56. The van der Waals surface area contributed by atoms with E-state index < -0.39 is 52.7 Å². The molecule has 4 rings (SSSR count). The third-order valence-corrected chi connectivity index (χ3v) is 8.83. The Hall–Kier alpha value is -4.04. The highest BCUT2D eigenvalue weighted by atomic mass is 16.6. The number of methoxy groups -OCH3 is 1. The molecule has 0 saturated carbocycles. The van der Waals surface area contributed by atoms with Gasteiger partial charge in [0.25, 0.3) is 0 Å². The average molecular weight is 628 g/mol. The topological polar surface area (TPSA) is 181 Å². The van der Waals surface area contributed by atoms with Crippen LogP contribution < -0.4 is 5.48 Å².